The van der Waals surface area contributed by atoms with Gasteiger partial charge in [0.2, 0.25) is 0 Å². The summed E-state index contributed by atoms with van der Waals surface area (Å²) in [5.41, 5.74) is 16.6. The molecule has 120 valence electrons. The fraction of sp³-hybridized carbons (Fsp3) is 0.421. The third-order valence-corrected chi connectivity index (χ3v) is 4.96. The molecule has 0 unspecified atom stereocenters. The van der Waals surface area contributed by atoms with E-state index in [2.05, 4.69) is 17.1 Å². The molecule has 4 N–H and O–H groups in total. The van der Waals surface area contributed by atoms with Crippen molar-refractivity contribution in [2.45, 2.75) is 50.7 Å². The van der Waals surface area contributed by atoms with E-state index in [1.165, 1.54) is 29.5 Å². The smallest absolute Gasteiger partial charge is 0.124 e. The maximum atomic E-state index is 6.21. The zero-order valence-corrected chi connectivity index (χ0v) is 13.3. The van der Waals surface area contributed by atoms with Gasteiger partial charge in [-0.15, -0.1) is 0 Å². The van der Waals surface area contributed by atoms with Gasteiger partial charge < -0.3 is 16.2 Å². The Labute approximate surface area is 136 Å². The van der Waals surface area contributed by atoms with Gasteiger partial charge in [0, 0.05) is 11.6 Å². The maximum Gasteiger partial charge on any atom is 0.124 e. The Bertz CT molecular complexity index is 723. The average molecular weight is 309 g/mol. The van der Waals surface area contributed by atoms with E-state index < -0.39 is 0 Å². The minimum Gasteiger partial charge on any atom is -0.490 e. The molecular weight excluding hydrogens is 286 g/mol. The highest BCUT2D eigenvalue weighted by atomic mass is 16.5. The normalized spacial score (nSPS) is 23.0. The lowest BCUT2D eigenvalue weighted by atomic mass is 9.86. The summed E-state index contributed by atoms with van der Waals surface area (Å²) >= 11 is 0. The van der Waals surface area contributed by atoms with Crippen LogP contribution in [0.15, 0.2) is 30.3 Å². The maximum absolute atomic E-state index is 6.21. The highest BCUT2D eigenvalue weighted by Crippen LogP contribution is 2.38. The van der Waals surface area contributed by atoms with Crippen LogP contribution in [0.25, 0.3) is 11.3 Å². The fourth-order valence-electron chi connectivity index (χ4n) is 3.67. The van der Waals surface area contributed by atoms with Gasteiger partial charge in [0.1, 0.15) is 17.7 Å². The number of nitrogens with two attached hydrogens (primary N) is 2. The lowest BCUT2D eigenvalue weighted by Gasteiger charge is -2.34. The topological polar surface area (TPSA) is 74.2 Å². The molecule has 2 aliphatic carbocycles. The molecule has 0 spiro atoms. The van der Waals surface area contributed by atoms with Gasteiger partial charge in [0.05, 0.1) is 5.69 Å². The molecule has 4 rings (SSSR count). The number of fused-ring (bicyclic) bond motifs is 1. The van der Waals surface area contributed by atoms with Crippen molar-refractivity contribution in [3.05, 3.63) is 41.5 Å². The molecule has 1 aromatic heterocycles. The number of benzene rings is 1. The number of rotatable bonds is 3. The highest BCUT2D eigenvalue weighted by Gasteiger charge is 2.29. The number of nitrogens with zero attached hydrogens (tertiary/aromatic N) is 1. The van der Waals surface area contributed by atoms with Crippen LogP contribution < -0.4 is 16.2 Å². The SMILES string of the molecule is Nc1cccc(-c2ccc(OC3CC(N)C3)c3c2CCCC3)n1. The van der Waals surface area contributed by atoms with Crippen LogP contribution in [0.4, 0.5) is 5.82 Å². The second kappa shape index (κ2) is 5.85. The first-order chi connectivity index (χ1) is 11.2. The van der Waals surface area contributed by atoms with Crippen molar-refractivity contribution < 1.29 is 4.74 Å². The highest BCUT2D eigenvalue weighted by molar-refractivity contribution is 5.69. The third kappa shape index (κ3) is 2.79. The fourth-order valence-corrected chi connectivity index (χ4v) is 3.67. The molecule has 0 aliphatic heterocycles. The van der Waals surface area contributed by atoms with Crippen molar-refractivity contribution in [2.24, 2.45) is 5.73 Å². The van der Waals surface area contributed by atoms with Crippen LogP contribution >= 0.6 is 0 Å². The van der Waals surface area contributed by atoms with Crippen LogP contribution in [0, 0.1) is 0 Å². The number of anilines is 1. The van der Waals surface area contributed by atoms with E-state index in [4.69, 9.17) is 16.2 Å². The molecule has 23 heavy (non-hydrogen) atoms. The van der Waals surface area contributed by atoms with Crippen LogP contribution in [-0.4, -0.2) is 17.1 Å². The number of pyridine rings is 1. The number of nitrogen functional groups attached to an aromatic ring is 1. The Kier molecular flexibility index (Phi) is 3.69. The minimum atomic E-state index is 0.285. The molecule has 1 fully saturated rings. The molecule has 4 nitrogen and oxygen atoms in total. The van der Waals surface area contributed by atoms with Crippen LogP contribution in [-0.2, 0) is 12.8 Å². The molecule has 0 saturated heterocycles. The van der Waals surface area contributed by atoms with Gasteiger partial charge in [-0.05, 0) is 73.9 Å². The van der Waals surface area contributed by atoms with Crippen molar-refractivity contribution in [3.8, 4) is 17.0 Å². The lowest BCUT2D eigenvalue weighted by Crippen LogP contribution is -2.43. The van der Waals surface area contributed by atoms with E-state index >= 15 is 0 Å². The average Bonchev–Trinajstić information content (AvgIpc) is 2.53. The van der Waals surface area contributed by atoms with Crippen LogP contribution in [0.3, 0.4) is 0 Å². The van der Waals surface area contributed by atoms with Crippen molar-refractivity contribution in [1.82, 2.24) is 4.98 Å². The van der Waals surface area contributed by atoms with E-state index in [0.29, 0.717) is 11.9 Å². The zero-order chi connectivity index (χ0) is 15.8. The summed E-state index contributed by atoms with van der Waals surface area (Å²) in [5, 5.41) is 0. The van der Waals surface area contributed by atoms with Crippen molar-refractivity contribution in [2.75, 3.05) is 5.73 Å². The Morgan fingerprint density at radius 2 is 1.78 bits per heavy atom. The first kappa shape index (κ1) is 14.5. The second-order valence-electron chi connectivity index (χ2n) is 6.69. The van der Waals surface area contributed by atoms with E-state index in [1.807, 2.05) is 18.2 Å². The number of hydrogen-bond donors (Lipinski definition) is 2. The van der Waals surface area contributed by atoms with Crippen LogP contribution in [0.1, 0.15) is 36.8 Å². The Hall–Kier alpha value is -2.07. The summed E-state index contributed by atoms with van der Waals surface area (Å²) in [6.45, 7) is 0. The minimum absolute atomic E-state index is 0.285. The van der Waals surface area contributed by atoms with E-state index in [1.54, 1.807) is 0 Å². The third-order valence-electron chi connectivity index (χ3n) is 4.96. The van der Waals surface area contributed by atoms with E-state index in [-0.39, 0.29) is 6.10 Å². The molecule has 1 heterocycles. The van der Waals surface area contributed by atoms with Crippen LogP contribution in [0.2, 0.25) is 0 Å². The van der Waals surface area contributed by atoms with Gasteiger partial charge >= 0.3 is 0 Å². The first-order valence-corrected chi connectivity index (χ1v) is 8.50. The molecule has 2 aliphatic rings. The molecule has 4 heteroatoms. The van der Waals surface area contributed by atoms with Gasteiger partial charge in [0.15, 0.2) is 0 Å². The summed E-state index contributed by atoms with van der Waals surface area (Å²) in [5.74, 6) is 1.61. The van der Waals surface area contributed by atoms with Gasteiger partial charge in [0.25, 0.3) is 0 Å². The quantitative estimate of drug-likeness (QED) is 0.913. The van der Waals surface area contributed by atoms with Gasteiger partial charge in [-0.3, -0.25) is 0 Å². The Morgan fingerprint density at radius 3 is 2.52 bits per heavy atom. The van der Waals surface area contributed by atoms with E-state index in [0.717, 1.165) is 37.1 Å². The van der Waals surface area contributed by atoms with Crippen LogP contribution in [0.5, 0.6) is 5.75 Å². The standard InChI is InChI=1S/C19H23N3O/c20-12-10-13(11-12)23-18-9-8-15(14-4-1-2-5-16(14)18)17-6-3-7-19(21)22-17/h3,6-9,12-13H,1-2,4-5,10-11,20H2,(H2,21,22). The lowest BCUT2D eigenvalue weighted by molar-refractivity contribution is 0.0995. The number of hydrogen-bond acceptors (Lipinski definition) is 4. The summed E-state index contributed by atoms with van der Waals surface area (Å²) < 4.78 is 6.21. The number of ether oxygens (including phenoxy) is 1. The number of aromatic nitrogens is 1. The van der Waals surface area contributed by atoms with Crippen molar-refractivity contribution in [3.63, 3.8) is 0 Å². The molecule has 2 aromatic rings. The molecule has 1 saturated carbocycles. The molecule has 1 aromatic carbocycles. The van der Waals surface area contributed by atoms with Gasteiger partial charge in [-0.2, -0.15) is 0 Å². The summed E-state index contributed by atoms with van der Waals surface area (Å²) in [6, 6.07) is 10.4. The Morgan fingerprint density at radius 1 is 1.00 bits per heavy atom. The monoisotopic (exact) mass is 309 g/mol. The van der Waals surface area contributed by atoms with Crippen molar-refractivity contribution >= 4 is 5.82 Å². The molecular formula is C19H23N3O. The second-order valence-corrected chi connectivity index (χ2v) is 6.69. The summed E-state index contributed by atoms with van der Waals surface area (Å²) in [6.07, 6.45) is 6.83. The van der Waals surface area contributed by atoms with Gasteiger partial charge in [-0.1, -0.05) is 6.07 Å². The summed E-state index contributed by atoms with van der Waals surface area (Å²) in [4.78, 5) is 4.50. The predicted octanol–water partition coefficient (Wildman–Crippen LogP) is 3.08. The molecule has 0 atom stereocenters. The van der Waals surface area contributed by atoms with E-state index in [9.17, 15) is 0 Å². The predicted molar refractivity (Wildman–Crippen MR) is 92.4 cm³/mol. The van der Waals surface area contributed by atoms with Gasteiger partial charge in [-0.25, -0.2) is 4.98 Å². The summed E-state index contributed by atoms with van der Waals surface area (Å²) in [7, 11) is 0. The zero-order valence-electron chi connectivity index (χ0n) is 13.3. The molecule has 0 amide bonds. The largest absolute Gasteiger partial charge is 0.490 e. The molecule has 0 radical (unpaired) electrons. The molecule has 0 bridgehead atoms. The first-order valence-electron chi connectivity index (χ1n) is 8.50. The van der Waals surface area contributed by atoms with Crippen molar-refractivity contribution in [1.29, 1.82) is 0 Å². The Balaban J connectivity index is 1.71.